The van der Waals surface area contributed by atoms with Crippen molar-refractivity contribution < 1.29 is 13.6 Å². The van der Waals surface area contributed by atoms with E-state index in [4.69, 9.17) is 0 Å². The third-order valence-corrected chi connectivity index (χ3v) is 5.31. The van der Waals surface area contributed by atoms with Gasteiger partial charge in [0.2, 0.25) is 5.91 Å². The smallest absolute Gasteiger partial charge is 0.237 e. The number of carbonyl (C=O) groups excluding carboxylic acids is 1. The van der Waals surface area contributed by atoms with E-state index >= 15 is 0 Å². The van der Waals surface area contributed by atoms with E-state index in [0.29, 0.717) is 12.6 Å². The van der Waals surface area contributed by atoms with E-state index in [-0.39, 0.29) is 23.6 Å². The van der Waals surface area contributed by atoms with Crippen molar-refractivity contribution in [2.45, 2.75) is 38.3 Å². The van der Waals surface area contributed by atoms with Gasteiger partial charge in [0, 0.05) is 19.6 Å². The molecule has 0 radical (unpaired) electrons. The number of halogens is 2. The van der Waals surface area contributed by atoms with Gasteiger partial charge >= 0.3 is 0 Å². The molecule has 144 valence electrons. The molecule has 2 aromatic rings. The molecule has 3 nitrogen and oxygen atoms in total. The highest BCUT2D eigenvalue weighted by Gasteiger charge is 2.31. The molecule has 0 saturated heterocycles. The van der Waals surface area contributed by atoms with Crippen LogP contribution in [0.15, 0.2) is 48.5 Å². The Labute approximate surface area is 159 Å². The minimum Gasteiger partial charge on any atom is -0.338 e. The number of amides is 1. The molecule has 0 spiro atoms. The minimum atomic E-state index is -0.280. The van der Waals surface area contributed by atoms with Crippen LogP contribution in [0.3, 0.4) is 0 Å². The molecule has 1 unspecified atom stereocenters. The molecule has 2 aromatic carbocycles. The zero-order chi connectivity index (χ0) is 19.4. The third-order valence-electron chi connectivity index (χ3n) is 5.31. The highest BCUT2D eigenvalue weighted by molar-refractivity contribution is 5.78. The fourth-order valence-electron chi connectivity index (χ4n) is 3.26. The second kappa shape index (κ2) is 8.61. The Morgan fingerprint density at radius 1 is 1.11 bits per heavy atom. The number of rotatable bonds is 8. The number of hydrogen-bond acceptors (Lipinski definition) is 2. The van der Waals surface area contributed by atoms with Crippen LogP contribution in [0.25, 0.3) is 0 Å². The van der Waals surface area contributed by atoms with Gasteiger partial charge in [0.1, 0.15) is 11.6 Å². The van der Waals surface area contributed by atoms with Crippen LogP contribution in [0.1, 0.15) is 36.9 Å². The maximum atomic E-state index is 13.4. The van der Waals surface area contributed by atoms with Gasteiger partial charge in [-0.15, -0.1) is 0 Å². The molecule has 0 aromatic heterocycles. The summed E-state index contributed by atoms with van der Waals surface area (Å²) in [4.78, 5) is 16.7. The lowest BCUT2D eigenvalue weighted by Crippen LogP contribution is -2.41. The first-order valence-electron chi connectivity index (χ1n) is 9.43. The fourth-order valence-corrected chi connectivity index (χ4v) is 3.26. The summed E-state index contributed by atoms with van der Waals surface area (Å²) in [5, 5.41) is 0. The molecule has 1 amide bonds. The van der Waals surface area contributed by atoms with Crippen LogP contribution in [0.4, 0.5) is 8.78 Å². The molecule has 0 heterocycles. The van der Waals surface area contributed by atoms with Gasteiger partial charge in [0.15, 0.2) is 0 Å². The van der Waals surface area contributed by atoms with Crippen molar-refractivity contribution in [3.63, 3.8) is 0 Å². The first-order chi connectivity index (χ1) is 12.9. The SMILES string of the molecule is CC(c1ccc(F)cc1)N(C)C(=O)CN(CCc1cccc(F)c1)C1CC1. The van der Waals surface area contributed by atoms with Gasteiger partial charge in [-0.25, -0.2) is 8.78 Å². The van der Waals surface area contributed by atoms with Crippen LogP contribution in [-0.2, 0) is 11.2 Å². The van der Waals surface area contributed by atoms with E-state index in [0.717, 1.165) is 36.9 Å². The summed E-state index contributed by atoms with van der Waals surface area (Å²) in [5.41, 5.74) is 1.85. The molecule has 1 atom stereocenters. The number of carbonyl (C=O) groups is 1. The largest absolute Gasteiger partial charge is 0.338 e. The van der Waals surface area contributed by atoms with E-state index in [1.54, 1.807) is 36.2 Å². The summed E-state index contributed by atoms with van der Waals surface area (Å²) >= 11 is 0. The predicted molar refractivity (Wildman–Crippen MR) is 102 cm³/mol. The first kappa shape index (κ1) is 19.5. The highest BCUT2D eigenvalue weighted by Crippen LogP contribution is 2.27. The van der Waals surface area contributed by atoms with Crippen molar-refractivity contribution in [2.24, 2.45) is 0 Å². The minimum absolute atomic E-state index is 0.0398. The molecule has 0 bridgehead atoms. The lowest BCUT2D eigenvalue weighted by molar-refractivity contribution is -0.133. The Hall–Kier alpha value is -2.27. The quantitative estimate of drug-likeness (QED) is 0.694. The summed E-state index contributed by atoms with van der Waals surface area (Å²) in [6.45, 7) is 3.03. The Kier molecular flexibility index (Phi) is 6.22. The summed E-state index contributed by atoms with van der Waals surface area (Å²) in [5.74, 6) is -0.468. The molecule has 27 heavy (non-hydrogen) atoms. The van der Waals surface area contributed by atoms with Crippen LogP contribution in [0.2, 0.25) is 0 Å². The van der Waals surface area contributed by atoms with Crippen molar-refractivity contribution in [3.05, 3.63) is 71.3 Å². The van der Waals surface area contributed by atoms with E-state index in [9.17, 15) is 13.6 Å². The van der Waals surface area contributed by atoms with Crippen molar-refractivity contribution in [2.75, 3.05) is 20.1 Å². The van der Waals surface area contributed by atoms with Crippen molar-refractivity contribution in [1.82, 2.24) is 9.80 Å². The first-order valence-corrected chi connectivity index (χ1v) is 9.43. The van der Waals surface area contributed by atoms with Crippen molar-refractivity contribution in [3.8, 4) is 0 Å². The van der Waals surface area contributed by atoms with Gasteiger partial charge in [-0.05, 0) is 61.6 Å². The topological polar surface area (TPSA) is 23.6 Å². The Morgan fingerprint density at radius 2 is 1.81 bits per heavy atom. The lowest BCUT2D eigenvalue weighted by atomic mass is 10.1. The van der Waals surface area contributed by atoms with Crippen LogP contribution in [0.5, 0.6) is 0 Å². The third kappa shape index (κ3) is 5.36. The number of nitrogens with zero attached hydrogens (tertiary/aromatic N) is 2. The maximum Gasteiger partial charge on any atom is 0.237 e. The van der Waals surface area contributed by atoms with Gasteiger partial charge in [0.25, 0.3) is 0 Å². The Bertz CT molecular complexity index is 774. The standard InChI is InChI=1S/C22H26F2N2O/c1-16(18-6-8-19(23)9-7-18)25(2)22(27)15-26(21-10-11-21)13-12-17-4-3-5-20(24)14-17/h3-9,14,16,21H,10-13,15H2,1-2H3. The van der Waals surface area contributed by atoms with Crippen LogP contribution in [0, 0.1) is 11.6 Å². The van der Waals surface area contributed by atoms with Gasteiger partial charge < -0.3 is 4.90 Å². The van der Waals surface area contributed by atoms with Crippen LogP contribution in [-0.4, -0.2) is 41.9 Å². The second-order valence-electron chi connectivity index (χ2n) is 7.31. The Balaban J connectivity index is 1.58. The average molecular weight is 372 g/mol. The molecule has 0 N–H and O–H groups in total. The molecular weight excluding hydrogens is 346 g/mol. The highest BCUT2D eigenvalue weighted by atomic mass is 19.1. The zero-order valence-corrected chi connectivity index (χ0v) is 15.9. The Morgan fingerprint density at radius 3 is 2.44 bits per heavy atom. The van der Waals surface area contributed by atoms with E-state index < -0.39 is 0 Å². The summed E-state index contributed by atoms with van der Waals surface area (Å²) in [6.07, 6.45) is 2.93. The summed E-state index contributed by atoms with van der Waals surface area (Å²) < 4.78 is 26.5. The molecule has 1 fully saturated rings. The van der Waals surface area contributed by atoms with Crippen LogP contribution < -0.4 is 0 Å². The van der Waals surface area contributed by atoms with Crippen molar-refractivity contribution >= 4 is 5.91 Å². The van der Waals surface area contributed by atoms with Crippen molar-refractivity contribution in [1.29, 1.82) is 0 Å². The lowest BCUT2D eigenvalue weighted by Gasteiger charge is -2.29. The molecule has 0 aliphatic heterocycles. The number of hydrogen-bond donors (Lipinski definition) is 0. The maximum absolute atomic E-state index is 13.4. The summed E-state index contributed by atoms with van der Waals surface area (Å²) in [6, 6.07) is 13.2. The number of benzene rings is 2. The molecule has 5 heteroatoms. The van der Waals surface area contributed by atoms with Crippen LogP contribution >= 0.6 is 0 Å². The van der Waals surface area contributed by atoms with E-state index in [1.807, 2.05) is 13.0 Å². The van der Waals surface area contributed by atoms with Gasteiger partial charge in [0.05, 0.1) is 12.6 Å². The zero-order valence-electron chi connectivity index (χ0n) is 15.9. The average Bonchev–Trinajstić information content (AvgIpc) is 3.49. The number of likely N-dealkylation sites (N-methyl/N-ethyl adjacent to an activating group) is 1. The second-order valence-corrected chi connectivity index (χ2v) is 7.31. The molecule has 1 saturated carbocycles. The normalized spacial score (nSPS) is 15.0. The molecular formula is C22H26F2N2O. The van der Waals surface area contributed by atoms with Gasteiger partial charge in [-0.3, -0.25) is 9.69 Å². The van der Waals surface area contributed by atoms with E-state index in [1.165, 1.54) is 18.2 Å². The molecule has 3 rings (SSSR count). The summed E-state index contributed by atoms with van der Waals surface area (Å²) in [7, 11) is 1.79. The molecule has 1 aliphatic rings. The van der Waals surface area contributed by atoms with Gasteiger partial charge in [-0.2, -0.15) is 0 Å². The van der Waals surface area contributed by atoms with Gasteiger partial charge in [-0.1, -0.05) is 24.3 Å². The predicted octanol–water partition coefficient (Wildman–Crippen LogP) is 4.19. The van der Waals surface area contributed by atoms with E-state index in [2.05, 4.69) is 4.90 Å². The molecule has 1 aliphatic carbocycles. The fraction of sp³-hybridized carbons (Fsp3) is 0.409. The monoisotopic (exact) mass is 372 g/mol.